The fourth-order valence-electron chi connectivity index (χ4n) is 1.74. The predicted octanol–water partition coefficient (Wildman–Crippen LogP) is 4.07. The molecule has 1 atom stereocenters. The second-order valence-corrected chi connectivity index (χ2v) is 4.13. The van der Waals surface area contributed by atoms with E-state index >= 15 is 0 Å². The number of aromatic nitrogens is 1. The lowest BCUT2D eigenvalue weighted by Crippen LogP contribution is -1.95. The molecule has 14 heavy (non-hydrogen) atoms. The predicted molar refractivity (Wildman–Crippen MR) is 61.5 cm³/mol. The van der Waals surface area contributed by atoms with Gasteiger partial charge in [0.2, 0.25) is 0 Å². The Bertz CT molecular complexity index is 268. The highest BCUT2D eigenvalue weighted by atomic mass is 14.6. The molecule has 0 bridgehead atoms. The van der Waals surface area contributed by atoms with Crippen LogP contribution in [-0.4, -0.2) is 4.98 Å². The quantitative estimate of drug-likeness (QED) is 0.639. The highest BCUT2D eigenvalue weighted by molar-refractivity contribution is 5.19. The van der Waals surface area contributed by atoms with Gasteiger partial charge in [-0.05, 0) is 37.0 Å². The highest BCUT2D eigenvalue weighted by Crippen LogP contribution is 2.21. The molecule has 1 aromatic rings. The number of nitrogens with zero attached hydrogens (tertiary/aromatic N) is 1. The molecule has 1 rings (SSSR count). The summed E-state index contributed by atoms with van der Waals surface area (Å²) in [6.07, 6.45) is 7.23. The van der Waals surface area contributed by atoms with E-state index in [4.69, 9.17) is 0 Å². The SMILES string of the molecule is CCCCCC(C)c1ccnc(C)c1. The fraction of sp³-hybridized carbons (Fsp3) is 0.615. The van der Waals surface area contributed by atoms with Crippen molar-refractivity contribution in [3.8, 4) is 0 Å². The van der Waals surface area contributed by atoms with Gasteiger partial charge in [-0.3, -0.25) is 4.98 Å². The van der Waals surface area contributed by atoms with Crippen molar-refractivity contribution in [2.45, 2.75) is 52.4 Å². The summed E-state index contributed by atoms with van der Waals surface area (Å²) in [7, 11) is 0. The first-order valence-electron chi connectivity index (χ1n) is 5.66. The molecule has 0 saturated heterocycles. The van der Waals surface area contributed by atoms with Gasteiger partial charge in [-0.1, -0.05) is 33.1 Å². The van der Waals surface area contributed by atoms with E-state index in [1.165, 1.54) is 31.2 Å². The summed E-state index contributed by atoms with van der Waals surface area (Å²) in [5.41, 5.74) is 2.57. The Hall–Kier alpha value is -0.850. The first-order chi connectivity index (χ1) is 6.74. The van der Waals surface area contributed by atoms with Crippen LogP contribution in [0.3, 0.4) is 0 Å². The zero-order valence-corrected chi connectivity index (χ0v) is 9.59. The molecule has 0 radical (unpaired) electrons. The van der Waals surface area contributed by atoms with E-state index in [1.54, 1.807) is 0 Å². The van der Waals surface area contributed by atoms with Gasteiger partial charge in [0.15, 0.2) is 0 Å². The molecule has 1 unspecified atom stereocenters. The molecule has 78 valence electrons. The first-order valence-corrected chi connectivity index (χ1v) is 5.66. The van der Waals surface area contributed by atoms with Crippen LogP contribution in [-0.2, 0) is 0 Å². The molecule has 0 fully saturated rings. The van der Waals surface area contributed by atoms with E-state index in [-0.39, 0.29) is 0 Å². The molecule has 0 amide bonds. The Morgan fingerprint density at radius 3 is 2.79 bits per heavy atom. The molecule has 0 aliphatic carbocycles. The highest BCUT2D eigenvalue weighted by Gasteiger charge is 2.04. The maximum Gasteiger partial charge on any atom is 0.0375 e. The molecule has 0 aromatic carbocycles. The Morgan fingerprint density at radius 2 is 2.14 bits per heavy atom. The normalized spacial score (nSPS) is 12.8. The molecular weight excluding hydrogens is 170 g/mol. The number of hydrogen-bond donors (Lipinski definition) is 0. The van der Waals surface area contributed by atoms with Crippen LogP contribution in [0.2, 0.25) is 0 Å². The van der Waals surface area contributed by atoms with Crippen molar-refractivity contribution < 1.29 is 0 Å². The molecule has 0 aliphatic rings. The van der Waals surface area contributed by atoms with Gasteiger partial charge in [0.1, 0.15) is 0 Å². The minimum absolute atomic E-state index is 0.684. The molecule has 0 saturated carbocycles. The van der Waals surface area contributed by atoms with Crippen molar-refractivity contribution >= 4 is 0 Å². The zero-order chi connectivity index (χ0) is 10.4. The van der Waals surface area contributed by atoms with Gasteiger partial charge in [0, 0.05) is 11.9 Å². The molecule has 0 spiro atoms. The average molecular weight is 191 g/mol. The van der Waals surface area contributed by atoms with Crippen LogP contribution in [0.25, 0.3) is 0 Å². The minimum Gasteiger partial charge on any atom is -0.262 e. The lowest BCUT2D eigenvalue weighted by molar-refractivity contribution is 0.597. The number of hydrogen-bond acceptors (Lipinski definition) is 1. The van der Waals surface area contributed by atoms with Crippen LogP contribution in [0.5, 0.6) is 0 Å². The monoisotopic (exact) mass is 191 g/mol. The Morgan fingerprint density at radius 1 is 1.36 bits per heavy atom. The first kappa shape index (κ1) is 11.2. The van der Waals surface area contributed by atoms with Crippen molar-refractivity contribution in [3.63, 3.8) is 0 Å². The third-order valence-corrected chi connectivity index (χ3v) is 2.73. The molecule has 1 heteroatoms. The summed E-state index contributed by atoms with van der Waals surface area (Å²) >= 11 is 0. The topological polar surface area (TPSA) is 12.9 Å². The third kappa shape index (κ3) is 3.49. The molecule has 0 aliphatic heterocycles. The summed E-state index contributed by atoms with van der Waals surface area (Å²) in [5, 5.41) is 0. The lowest BCUT2D eigenvalue weighted by Gasteiger charge is -2.11. The van der Waals surface area contributed by atoms with Crippen LogP contribution < -0.4 is 0 Å². The van der Waals surface area contributed by atoms with Gasteiger partial charge >= 0.3 is 0 Å². The summed E-state index contributed by atoms with van der Waals surface area (Å²) in [4.78, 5) is 4.22. The van der Waals surface area contributed by atoms with Crippen molar-refractivity contribution in [2.75, 3.05) is 0 Å². The van der Waals surface area contributed by atoms with Crippen molar-refractivity contribution in [2.24, 2.45) is 0 Å². The lowest BCUT2D eigenvalue weighted by atomic mass is 9.95. The Labute approximate surface area is 87.6 Å². The van der Waals surface area contributed by atoms with Crippen molar-refractivity contribution in [3.05, 3.63) is 29.6 Å². The fourth-order valence-corrected chi connectivity index (χ4v) is 1.74. The van der Waals surface area contributed by atoms with E-state index in [9.17, 15) is 0 Å². The molecule has 1 heterocycles. The van der Waals surface area contributed by atoms with Crippen molar-refractivity contribution in [1.29, 1.82) is 0 Å². The van der Waals surface area contributed by atoms with E-state index in [2.05, 4.69) is 37.9 Å². The second-order valence-electron chi connectivity index (χ2n) is 4.13. The largest absolute Gasteiger partial charge is 0.262 e. The van der Waals surface area contributed by atoms with E-state index in [0.29, 0.717) is 5.92 Å². The maximum atomic E-state index is 4.22. The van der Waals surface area contributed by atoms with Crippen LogP contribution in [0.1, 0.15) is 56.7 Å². The van der Waals surface area contributed by atoms with Gasteiger partial charge < -0.3 is 0 Å². The number of aryl methyl sites for hydroxylation is 1. The van der Waals surface area contributed by atoms with Crippen LogP contribution >= 0.6 is 0 Å². The van der Waals surface area contributed by atoms with Crippen LogP contribution in [0.15, 0.2) is 18.3 Å². The molecule has 0 N–H and O–H groups in total. The smallest absolute Gasteiger partial charge is 0.0375 e. The summed E-state index contributed by atoms with van der Waals surface area (Å²) in [5.74, 6) is 0.684. The minimum atomic E-state index is 0.684. The second kappa shape index (κ2) is 5.79. The van der Waals surface area contributed by atoms with Gasteiger partial charge in [-0.15, -0.1) is 0 Å². The maximum absolute atomic E-state index is 4.22. The molecule has 1 nitrogen and oxygen atoms in total. The van der Waals surface area contributed by atoms with Crippen LogP contribution in [0.4, 0.5) is 0 Å². The number of pyridine rings is 1. The Balaban J connectivity index is 2.47. The molecular formula is C13H21N. The van der Waals surface area contributed by atoms with Crippen LogP contribution in [0, 0.1) is 6.92 Å². The Kier molecular flexibility index (Phi) is 4.64. The van der Waals surface area contributed by atoms with Gasteiger partial charge in [-0.25, -0.2) is 0 Å². The number of rotatable bonds is 5. The van der Waals surface area contributed by atoms with Crippen molar-refractivity contribution in [1.82, 2.24) is 4.98 Å². The summed E-state index contributed by atoms with van der Waals surface area (Å²) < 4.78 is 0. The number of unbranched alkanes of at least 4 members (excludes halogenated alkanes) is 2. The molecule has 1 aromatic heterocycles. The van der Waals surface area contributed by atoms with E-state index < -0.39 is 0 Å². The van der Waals surface area contributed by atoms with E-state index in [1.807, 2.05) is 6.20 Å². The average Bonchev–Trinajstić information content (AvgIpc) is 2.18. The third-order valence-electron chi connectivity index (χ3n) is 2.73. The van der Waals surface area contributed by atoms with E-state index in [0.717, 1.165) is 5.69 Å². The van der Waals surface area contributed by atoms with Gasteiger partial charge in [0.05, 0.1) is 0 Å². The summed E-state index contributed by atoms with van der Waals surface area (Å²) in [6.45, 7) is 6.62. The zero-order valence-electron chi connectivity index (χ0n) is 9.59. The van der Waals surface area contributed by atoms with Gasteiger partial charge in [-0.2, -0.15) is 0 Å². The van der Waals surface area contributed by atoms with Gasteiger partial charge in [0.25, 0.3) is 0 Å². The standard InChI is InChI=1S/C13H21N/c1-4-5-6-7-11(2)13-8-9-14-12(3)10-13/h8-11H,4-7H2,1-3H3. The summed E-state index contributed by atoms with van der Waals surface area (Å²) in [6, 6.07) is 4.35.